The molecule has 0 radical (unpaired) electrons. The van der Waals surface area contributed by atoms with Crippen LogP contribution in [0.2, 0.25) is 0 Å². The predicted octanol–water partition coefficient (Wildman–Crippen LogP) is 4.98. The van der Waals surface area contributed by atoms with E-state index in [2.05, 4.69) is 79.1 Å². The number of ether oxygens (including phenoxy) is 1. The topological polar surface area (TPSA) is 35.9 Å². The first-order valence-electron chi connectivity index (χ1n) is 12.0. The molecule has 0 spiro atoms. The Morgan fingerprint density at radius 1 is 0.939 bits per heavy atom. The van der Waals surface area contributed by atoms with Gasteiger partial charge in [-0.3, -0.25) is 4.90 Å². The summed E-state index contributed by atoms with van der Waals surface area (Å²) in [6, 6.07) is 27.7. The number of piperazine rings is 1. The van der Waals surface area contributed by atoms with Gasteiger partial charge in [-0.2, -0.15) is 0 Å². The third-order valence-electron chi connectivity index (χ3n) is 6.54. The maximum atomic E-state index is 10.8. The molecule has 33 heavy (non-hydrogen) atoms. The Morgan fingerprint density at radius 2 is 1.70 bits per heavy atom. The summed E-state index contributed by atoms with van der Waals surface area (Å²) in [7, 11) is 0. The SMILES string of the molecule is Cc1cccc(N2CCN(C[C@H](O)CO[C@H](c3ccccc3)c3ccccc3C)C[C@@H]2C)c1. The Balaban J connectivity index is 1.35. The molecular formula is C29H36N2O2. The summed E-state index contributed by atoms with van der Waals surface area (Å²) in [5, 5.41) is 10.8. The molecular weight excluding hydrogens is 408 g/mol. The number of aliphatic hydroxyl groups is 1. The molecule has 1 saturated heterocycles. The summed E-state index contributed by atoms with van der Waals surface area (Å²) < 4.78 is 6.34. The van der Waals surface area contributed by atoms with Crippen LogP contribution in [0.4, 0.5) is 5.69 Å². The van der Waals surface area contributed by atoms with Crippen LogP contribution in [0.25, 0.3) is 0 Å². The molecule has 4 heteroatoms. The number of aliphatic hydroxyl groups excluding tert-OH is 1. The van der Waals surface area contributed by atoms with Crippen molar-refractivity contribution in [3.8, 4) is 0 Å². The molecule has 0 aliphatic carbocycles. The molecule has 1 aliphatic heterocycles. The maximum Gasteiger partial charge on any atom is 0.108 e. The van der Waals surface area contributed by atoms with Gasteiger partial charge in [-0.25, -0.2) is 0 Å². The highest BCUT2D eigenvalue weighted by atomic mass is 16.5. The Kier molecular flexibility index (Phi) is 7.81. The van der Waals surface area contributed by atoms with Crippen LogP contribution in [0.3, 0.4) is 0 Å². The second kappa shape index (κ2) is 11.0. The number of aryl methyl sites for hydroxylation is 2. The zero-order valence-corrected chi connectivity index (χ0v) is 20.0. The van der Waals surface area contributed by atoms with Gasteiger partial charge in [0.15, 0.2) is 0 Å². The first kappa shape index (κ1) is 23.5. The lowest BCUT2D eigenvalue weighted by Crippen LogP contribution is -2.53. The Morgan fingerprint density at radius 3 is 2.42 bits per heavy atom. The van der Waals surface area contributed by atoms with Gasteiger partial charge >= 0.3 is 0 Å². The zero-order chi connectivity index (χ0) is 23.2. The average Bonchev–Trinajstić information content (AvgIpc) is 2.81. The highest BCUT2D eigenvalue weighted by molar-refractivity contribution is 5.49. The highest BCUT2D eigenvalue weighted by Crippen LogP contribution is 2.29. The number of β-amino-alcohol motifs (C(OH)–C–C–N with tert-alkyl or cyclic N) is 1. The first-order chi connectivity index (χ1) is 16.0. The van der Waals surface area contributed by atoms with Gasteiger partial charge in [0, 0.05) is 37.9 Å². The molecule has 0 aromatic heterocycles. The lowest BCUT2D eigenvalue weighted by atomic mass is 9.97. The molecule has 0 saturated carbocycles. The van der Waals surface area contributed by atoms with E-state index in [1.54, 1.807) is 0 Å². The van der Waals surface area contributed by atoms with Crippen LogP contribution in [0.15, 0.2) is 78.9 Å². The van der Waals surface area contributed by atoms with Crippen molar-refractivity contribution in [3.63, 3.8) is 0 Å². The van der Waals surface area contributed by atoms with E-state index < -0.39 is 6.10 Å². The van der Waals surface area contributed by atoms with Crippen molar-refractivity contribution in [2.45, 2.75) is 39.0 Å². The van der Waals surface area contributed by atoms with Crippen molar-refractivity contribution in [1.29, 1.82) is 0 Å². The second-order valence-electron chi connectivity index (χ2n) is 9.28. The summed E-state index contributed by atoms with van der Waals surface area (Å²) in [6.07, 6.45) is -0.711. The van der Waals surface area contributed by atoms with Crippen LogP contribution in [-0.4, -0.2) is 54.9 Å². The fourth-order valence-corrected chi connectivity index (χ4v) is 4.82. The molecule has 3 aromatic rings. The number of hydrogen-bond acceptors (Lipinski definition) is 4. The van der Waals surface area contributed by atoms with Crippen LogP contribution >= 0.6 is 0 Å². The van der Waals surface area contributed by atoms with E-state index in [1.165, 1.54) is 16.8 Å². The lowest BCUT2D eigenvalue weighted by Gasteiger charge is -2.42. The fraction of sp³-hybridized carbons (Fsp3) is 0.379. The molecule has 1 N–H and O–H groups in total. The molecule has 0 unspecified atom stereocenters. The summed E-state index contributed by atoms with van der Waals surface area (Å²) in [5.41, 5.74) is 6.03. The number of hydrogen-bond donors (Lipinski definition) is 1. The van der Waals surface area contributed by atoms with Crippen LogP contribution in [0.1, 0.15) is 35.3 Å². The monoisotopic (exact) mass is 444 g/mol. The molecule has 4 nitrogen and oxygen atoms in total. The highest BCUT2D eigenvalue weighted by Gasteiger charge is 2.26. The van der Waals surface area contributed by atoms with E-state index in [0.29, 0.717) is 19.2 Å². The standard InChI is InChI=1S/C29H36N2O2/c1-22-10-9-14-26(18-22)31-17-16-30(19-24(31)3)20-27(32)21-33-29(25-12-5-4-6-13-25)28-15-8-7-11-23(28)2/h4-15,18,24,27,29,32H,16-17,19-21H2,1-3H3/t24-,27-,29+/m0/s1. The quantitative estimate of drug-likeness (QED) is 0.532. The van der Waals surface area contributed by atoms with Gasteiger partial charge < -0.3 is 14.7 Å². The molecule has 0 amide bonds. The van der Waals surface area contributed by atoms with E-state index >= 15 is 0 Å². The summed E-state index contributed by atoms with van der Waals surface area (Å²) in [4.78, 5) is 4.83. The van der Waals surface area contributed by atoms with Gasteiger partial charge in [0.2, 0.25) is 0 Å². The normalized spacial score (nSPS) is 18.8. The molecule has 4 rings (SSSR count). The average molecular weight is 445 g/mol. The first-order valence-corrected chi connectivity index (χ1v) is 12.0. The lowest BCUT2D eigenvalue weighted by molar-refractivity contribution is -0.0104. The minimum atomic E-state index is -0.530. The summed E-state index contributed by atoms with van der Waals surface area (Å²) in [5.74, 6) is 0. The molecule has 3 atom stereocenters. The van der Waals surface area contributed by atoms with Gasteiger partial charge in [-0.05, 0) is 55.2 Å². The van der Waals surface area contributed by atoms with Crippen molar-refractivity contribution in [2.75, 3.05) is 37.7 Å². The Hall–Kier alpha value is -2.66. The second-order valence-corrected chi connectivity index (χ2v) is 9.28. The van der Waals surface area contributed by atoms with Crippen molar-refractivity contribution in [1.82, 2.24) is 4.90 Å². The van der Waals surface area contributed by atoms with Gasteiger partial charge in [0.1, 0.15) is 6.10 Å². The number of benzene rings is 3. The molecule has 3 aromatic carbocycles. The van der Waals surface area contributed by atoms with E-state index in [0.717, 1.165) is 30.8 Å². The molecule has 174 valence electrons. The minimum absolute atomic E-state index is 0.181. The molecule has 1 aliphatic rings. The predicted molar refractivity (Wildman–Crippen MR) is 136 cm³/mol. The van der Waals surface area contributed by atoms with Crippen LogP contribution in [0, 0.1) is 13.8 Å². The zero-order valence-electron chi connectivity index (χ0n) is 20.0. The minimum Gasteiger partial charge on any atom is -0.389 e. The van der Waals surface area contributed by atoms with Crippen molar-refractivity contribution in [2.24, 2.45) is 0 Å². The fourth-order valence-electron chi connectivity index (χ4n) is 4.82. The van der Waals surface area contributed by atoms with E-state index in [1.807, 2.05) is 30.3 Å². The summed E-state index contributed by atoms with van der Waals surface area (Å²) in [6.45, 7) is 10.3. The molecule has 1 fully saturated rings. The van der Waals surface area contributed by atoms with Gasteiger partial charge in [0.05, 0.1) is 12.7 Å². The largest absolute Gasteiger partial charge is 0.389 e. The van der Waals surface area contributed by atoms with Crippen molar-refractivity contribution >= 4 is 5.69 Å². The Labute approximate surface area is 198 Å². The molecule has 1 heterocycles. The summed E-state index contributed by atoms with van der Waals surface area (Å²) >= 11 is 0. The van der Waals surface area contributed by atoms with E-state index in [-0.39, 0.29) is 6.10 Å². The number of anilines is 1. The van der Waals surface area contributed by atoms with Gasteiger partial charge in [-0.15, -0.1) is 0 Å². The van der Waals surface area contributed by atoms with Gasteiger partial charge in [-0.1, -0.05) is 66.7 Å². The number of rotatable bonds is 8. The third kappa shape index (κ3) is 6.02. The van der Waals surface area contributed by atoms with Crippen molar-refractivity contribution in [3.05, 3.63) is 101 Å². The number of nitrogens with zero attached hydrogens (tertiary/aromatic N) is 2. The van der Waals surface area contributed by atoms with Crippen LogP contribution < -0.4 is 4.90 Å². The smallest absolute Gasteiger partial charge is 0.108 e. The van der Waals surface area contributed by atoms with Crippen LogP contribution in [-0.2, 0) is 4.74 Å². The van der Waals surface area contributed by atoms with Gasteiger partial charge in [0.25, 0.3) is 0 Å². The van der Waals surface area contributed by atoms with Crippen molar-refractivity contribution < 1.29 is 9.84 Å². The van der Waals surface area contributed by atoms with E-state index in [9.17, 15) is 5.11 Å². The third-order valence-corrected chi connectivity index (χ3v) is 6.54. The van der Waals surface area contributed by atoms with E-state index in [4.69, 9.17) is 4.74 Å². The molecule has 0 bridgehead atoms. The maximum absolute atomic E-state index is 10.8. The Bertz CT molecular complexity index is 1020. The van der Waals surface area contributed by atoms with Crippen LogP contribution in [0.5, 0.6) is 0 Å².